The Kier molecular flexibility index (Phi) is 6.25. The number of aryl methyl sites for hydroxylation is 1. The monoisotopic (exact) mass is 418 g/mol. The number of hydrogen-bond acceptors (Lipinski definition) is 5. The molecule has 0 aliphatic carbocycles. The number of fused-ring (bicyclic) bond motifs is 1. The first-order valence-electron chi connectivity index (χ1n) is 10.9. The van der Waals surface area contributed by atoms with E-state index < -0.39 is 0 Å². The third-order valence-corrected chi connectivity index (χ3v) is 6.34. The highest BCUT2D eigenvalue weighted by Crippen LogP contribution is 2.23. The highest BCUT2D eigenvalue weighted by Gasteiger charge is 2.25. The van der Waals surface area contributed by atoms with Gasteiger partial charge in [-0.2, -0.15) is 0 Å². The van der Waals surface area contributed by atoms with E-state index in [1.807, 2.05) is 0 Å². The molecule has 1 unspecified atom stereocenters. The van der Waals surface area contributed by atoms with Crippen molar-refractivity contribution in [2.24, 2.45) is 5.92 Å². The third-order valence-electron chi connectivity index (χ3n) is 6.02. The van der Waals surface area contributed by atoms with Crippen molar-refractivity contribution in [3.05, 3.63) is 38.3 Å². The molecule has 0 bridgehead atoms. The van der Waals surface area contributed by atoms with Gasteiger partial charge in [-0.1, -0.05) is 31.9 Å². The predicted octanol–water partition coefficient (Wildman–Crippen LogP) is 3.28. The molecule has 29 heavy (non-hydrogen) atoms. The Labute approximate surface area is 176 Å². The standard InChI is InChI=1S/C21H31ClN6O/c1-3-4-7-18-23-17(19(22)25-18)13-27-10-8-15-16(12-27)24-21(26-20(15)29)28-9-5-6-14(2)11-28/h14H,3-13H2,1-2H3,(H,23,25)(H,24,26,29). The van der Waals surface area contributed by atoms with E-state index in [1.165, 1.54) is 6.42 Å². The summed E-state index contributed by atoms with van der Waals surface area (Å²) in [6.45, 7) is 8.52. The lowest BCUT2D eigenvalue weighted by Crippen LogP contribution is -2.39. The van der Waals surface area contributed by atoms with E-state index in [2.05, 4.69) is 38.6 Å². The molecule has 158 valence electrons. The molecule has 1 atom stereocenters. The summed E-state index contributed by atoms with van der Waals surface area (Å²) < 4.78 is 0. The number of hydrogen-bond donors (Lipinski definition) is 2. The number of halogens is 1. The lowest BCUT2D eigenvalue weighted by molar-refractivity contribution is 0.238. The topological polar surface area (TPSA) is 80.9 Å². The van der Waals surface area contributed by atoms with Crippen LogP contribution in [0.4, 0.5) is 5.95 Å². The van der Waals surface area contributed by atoms with Gasteiger partial charge in [0, 0.05) is 44.7 Å². The number of aromatic nitrogens is 4. The van der Waals surface area contributed by atoms with Crippen LogP contribution in [0, 0.1) is 5.92 Å². The van der Waals surface area contributed by atoms with Gasteiger partial charge in [0.05, 0.1) is 11.4 Å². The molecular formula is C21H31ClN6O. The highest BCUT2D eigenvalue weighted by atomic mass is 35.5. The molecular weight excluding hydrogens is 388 g/mol. The van der Waals surface area contributed by atoms with Crippen LogP contribution in [0.15, 0.2) is 4.79 Å². The number of piperidine rings is 1. The lowest BCUT2D eigenvalue weighted by atomic mass is 10.0. The molecule has 0 radical (unpaired) electrons. The van der Waals surface area contributed by atoms with E-state index in [4.69, 9.17) is 16.6 Å². The summed E-state index contributed by atoms with van der Waals surface area (Å²) in [6.07, 6.45) is 6.26. The normalized spacial score (nSPS) is 20.1. The van der Waals surface area contributed by atoms with E-state index in [-0.39, 0.29) is 5.56 Å². The Morgan fingerprint density at radius 3 is 2.90 bits per heavy atom. The van der Waals surface area contributed by atoms with Gasteiger partial charge in [-0.15, -0.1) is 0 Å². The summed E-state index contributed by atoms with van der Waals surface area (Å²) in [5, 5.41) is 0.559. The molecule has 2 aliphatic heterocycles. The molecule has 0 saturated carbocycles. The van der Waals surface area contributed by atoms with Crippen molar-refractivity contribution in [2.75, 3.05) is 24.5 Å². The van der Waals surface area contributed by atoms with Crippen LogP contribution in [0.3, 0.4) is 0 Å². The molecule has 4 heterocycles. The molecule has 2 N–H and O–H groups in total. The Bertz CT molecular complexity index is 907. The molecule has 7 nitrogen and oxygen atoms in total. The summed E-state index contributed by atoms with van der Waals surface area (Å²) >= 11 is 6.36. The van der Waals surface area contributed by atoms with Crippen molar-refractivity contribution in [3.8, 4) is 0 Å². The number of H-pyrrole nitrogens is 2. The maximum Gasteiger partial charge on any atom is 0.255 e. The molecule has 4 rings (SSSR count). The largest absolute Gasteiger partial charge is 0.344 e. The van der Waals surface area contributed by atoms with Gasteiger partial charge in [0.2, 0.25) is 5.95 Å². The number of unbranched alkanes of at least 4 members (excludes halogenated alkanes) is 1. The minimum absolute atomic E-state index is 0.0179. The molecule has 2 aliphatic rings. The van der Waals surface area contributed by atoms with Crippen LogP contribution in [0.1, 0.15) is 62.3 Å². The maximum atomic E-state index is 12.7. The van der Waals surface area contributed by atoms with Crippen LogP contribution >= 0.6 is 11.6 Å². The Hall–Kier alpha value is -1.86. The average molecular weight is 419 g/mol. The van der Waals surface area contributed by atoms with Gasteiger partial charge in [-0.3, -0.25) is 14.7 Å². The molecule has 0 amide bonds. The zero-order valence-electron chi connectivity index (χ0n) is 17.4. The van der Waals surface area contributed by atoms with E-state index >= 15 is 0 Å². The van der Waals surface area contributed by atoms with Crippen LogP contribution in [-0.4, -0.2) is 44.5 Å². The van der Waals surface area contributed by atoms with Crippen molar-refractivity contribution >= 4 is 17.5 Å². The van der Waals surface area contributed by atoms with Gasteiger partial charge in [0.1, 0.15) is 5.82 Å². The van der Waals surface area contributed by atoms with Gasteiger partial charge >= 0.3 is 0 Å². The van der Waals surface area contributed by atoms with Gasteiger partial charge in [0.25, 0.3) is 5.56 Å². The first-order valence-corrected chi connectivity index (χ1v) is 11.2. The van der Waals surface area contributed by atoms with Crippen LogP contribution in [0.2, 0.25) is 5.15 Å². The second-order valence-corrected chi connectivity index (χ2v) is 8.88. The van der Waals surface area contributed by atoms with Crippen LogP contribution in [-0.2, 0) is 25.9 Å². The summed E-state index contributed by atoms with van der Waals surface area (Å²) in [4.78, 5) is 32.9. The third kappa shape index (κ3) is 4.67. The second-order valence-electron chi connectivity index (χ2n) is 8.53. The number of aromatic amines is 2. The number of nitrogens with zero attached hydrogens (tertiary/aromatic N) is 4. The summed E-state index contributed by atoms with van der Waals surface area (Å²) in [7, 11) is 0. The smallest absolute Gasteiger partial charge is 0.255 e. The van der Waals surface area contributed by atoms with E-state index in [0.29, 0.717) is 30.6 Å². The van der Waals surface area contributed by atoms with E-state index in [0.717, 1.165) is 74.0 Å². The zero-order chi connectivity index (χ0) is 20.4. The number of nitrogens with one attached hydrogen (secondary N) is 2. The highest BCUT2D eigenvalue weighted by molar-refractivity contribution is 6.30. The molecule has 0 aromatic carbocycles. The number of rotatable bonds is 6. The first kappa shape index (κ1) is 20.4. The number of imidazole rings is 1. The van der Waals surface area contributed by atoms with Crippen LogP contribution < -0.4 is 10.5 Å². The minimum atomic E-state index is 0.0179. The summed E-state index contributed by atoms with van der Waals surface area (Å²) in [5.41, 5.74) is 2.70. The Morgan fingerprint density at radius 2 is 2.10 bits per heavy atom. The lowest BCUT2D eigenvalue weighted by Gasteiger charge is -2.33. The number of anilines is 1. The van der Waals surface area contributed by atoms with Crippen molar-refractivity contribution in [1.82, 2.24) is 24.8 Å². The summed E-state index contributed by atoms with van der Waals surface area (Å²) in [6, 6.07) is 0. The Morgan fingerprint density at radius 1 is 1.24 bits per heavy atom. The second kappa shape index (κ2) is 8.88. The van der Waals surface area contributed by atoms with Crippen LogP contribution in [0.25, 0.3) is 0 Å². The van der Waals surface area contributed by atoms with Crippen LogP contribution in [0.5, 0.6) is 0 Å². The molecule has 2 aromatic heterocycles. The van der Waals surface area contributed by atoms with Gasteiger partial charge < -0.3 is 9.88 Å². The zero-order valence-corrected chi connectivity index (χ0v) is 18.2. The fourth-order valence-corrected chi connectivity index (χ4v) is 4.59. The quantitative estimate of drug-likeness (QED) is 0.752. The Balaban J connectivity index is 1.49. The van der Waals surface area contributed by atoms with Crippen molar-refractivity contribution in [1.29, 1.82) is 0 Å². The molecule has 8 heteroatoms. The molecule has 1 fully saturated rings. The molecule has 0 spiro atoms. The SMILES string of the molecule is CCCCc1nc(Cl)c(CN2CCc3c(nc(N4CCCC(C)C4)[nH]c3=O)C2)[nH]1. The van der Waals surface area contributed by atoms with Crippen molar-refractivity contribution in [3.63, 3.8) is 0 Å². The maximum absolute atomic E-state index is 12.7. The van der Waals surface area contributed by atoms with Gasteiger partial charge in [-0.05, 0) is 31.6 Å². The van der Waals surface area contributed by atoms with E-state index in [9.17, 15) is 4.79 Å². The van der Waals surface area contributed by atoms with Gasteiger partial charge in [-0.25, -0.2) is 9.97 Å². The van der Waals surface area contributed by atoms with E-state index in [1.54, 1.807) is 0 Å². The fourth-order valence-electron chi connectivity index (χ4n) is 4.38. The average Bonchev–Trinajstić information content (AvgIpc) is 3.05. The minimum Gasteiger partial charge on any atom is -0.344 e. The first-order chi connectivity index (χ1) is 14.0. The fraction of sp³-hybridized carbons (Fsp3) is 0.667. The predicted molar refractivity (Wildman–Crippen MR) is 115 cm³/mol. The van der Waals surface area contributed by atoms with Crippen molar-refractivity contribution < 1.29 is 0 Å². The molecule has 1 saturated heterocycles. The van der Waals surface area contributed by atoms with Crippen molar-refractivity contribution in [2.45, 2.75) is 65.5 Å². The van der Waals surface area contributed by atoms with Gasteiger partial charge in [0.15, 0.2) is 5.15 Å². The summed E-state index contributed by atoms with van der Waals surface area (Å²) in [5.74, 6) is 2.31. The molecule has 2 aromatic rings.